The van der Waals surface area contributed by atoms with Gasteiger partial charge in [0.2, 0.25) is 5.91 Å². The van der Waals surface area contributed by atoms with E-state index in [0.29, 0.717) is 23.3 Å². The number of aryl methyl sites for hydroxylation is 1. The van der Waals surface area contributed by atoms with Gasteiger partial charge in [-0.15, -0.1) is 0 Å². The molecule has 150 valence electrons. The first-order valence-electron chi connectivity index (χ1n) is 10.6. The molecule has 5 rings (SSSR count). The Morgan fingerprint density at radius 2 is 2.10 bits per heavy atom. The van der Waals surface area contributed by atoms with Crippen molar-refractivity contribution in [2.45, 2.75) is 44.9 Å². The van der Waals surface area contributed by atoms with Gasteiger partial charge in [-0.05, 0) is 95.7 Å². The van der Waals surface area contributed by atoms with Crippen LogP contribution in [0.4, 0.5) is 0 Å². The lowest BCUT2D eigenvalue weighted by molar-refractivity contribution is 0.0885. The first kappa shape index (κ1) is 18.4. The number of carbonyl (C=O) groups is 1. The van der Waals surface area contributed by atoms with Crippen LogP contribution in [0.2, 0.25) is 0 Å². The third-order valence-corrected chi connectivity index (χ3v) is 7.85. The van der Waals surface area contributed by atoms with Crippen LogP contribution in [0.15, 0.2) is 42.7 Å². The van der Waals surface area contributed by atoms with Gasteiger partial charge in [-0.25, -0.2) is 0 Å². The molecule has 1 amide bonds. The van der Waals surface area contributed by atoms with E-state index in [1.165, 1.54) is 41.5 Å². The summed E-state index contributed by atoms with van der Waals surface area (Å²) in [6, 6.07) is 8.24. The summed E-state index contributed by atoms with van der Waals surface area (Å²) in [6.07, 6.45) is 11.9. The van der Waals surface area contributed by atoms with Crippen molar-refractivity contribution in [1.29, 1.82) is 0 Å². The molecular weight excluding hydrogens is 360 g/mol. The van der Waals surface area contributed by atoms with Gasteiger partial charge in [-0.3, -0.25) is 9.78 Å². The highest BCUT2D eigenvalue weighted by atomic mass is 16.5. The Morgan fingerprint density at radius 3 is 2.90 bits per heavy atom. The zero-order valence-corrected chi connectivity index (χ0v) is 17.2. The van der Waals surface area contributed by atoms with Crippen molar-refractivity contribution < 1.29 is 9.53 Å². The Kier molecular flexibility index (Phi) is 4.27. The fourth-order valence-electron chi connectivity index (χ4n) is 6.43. The fourth-order valence-corrected chi connectivity index (χ4v) is 6.43. The monoisotopic (exact) mass is 388 g/mol. The molecule has 1 aromatic heterocycles. The first-order chi connectivity index (χ1) is 14.0. The van der Waals surface area contributed by atoms with Crippen molar-refractivity contribution in [3.8, 4) is 5.75 Å². The Hall–Kier alpha value is -2.62. The summed E-state index contributed by atoms with van der Waals surface area (Å²) >= 11 is 0. The molecule has 4 atom stereocenters. The van der Waals surface area contributed by atoms with E-state index < -0.39 is 0 Å². The molecule has 1 aromatic carbocycles. The first-order valence-corrected chi connectivity index (χ1v) is 10.6. The third kappa shape index (κ3) is 2.80. The van der Waals surface area contributed by atoms with Gasteiger partial charge < -0.3 is 10.5 Å². The number of carbonyl (C=O) groups excluding carboxylic acids is 1. The summed E-state index contributed by atoms with van der Waals surface area (Å²) in [5, 5.41) is 0. The molecule has 0 radical (unpaired) electrons. The van der Waals surface area contributed by atoms with Gasteiger partial charge in [-0.1, -0.05) is 19.1 Å². The summed E-state index contributed by atoms with van der Waals surface area (Å²) in [7, 11) is 1.70. The van der Waals surface area contributed by atoms with E-state index in [1.54, 1.807) is 13.3 Å². The lowest BCUT2D eigenvalue weighted by Crippen LogP contribution is -2.41. The predicted octanol–water partition coefficient (Wildman–Crippen LogP) is 4.74. The summed E-state index contributed by atoms with van der Waals surface area (Å²) < 4.78 is 5.41. The number of rotatable bonds is 3. The topological polar surface area (TPSA) is 65.2 Å². The highest BCUT2D eigenvalue weighted by molar-refractivity contribution is 5.93. The maximum atomic E-state index is 11.6. The molecule has 29 heavy (non-hydrogen) atoms. The second-order valence-electron chi connectivity index (χ2n) is 9.12. The Balaban J connectivity index is 1.46. The van der Waals surface area contributed by atoms with Crippen LogP contribution in [0, 0.1) is 17.3 Å². The van der Waals surface area contributed by atoms with E-state index >= 15 is 0 Å². The summed E-state index contributed by atoms with van der Waals surface area (Å²) in [5.74, 6) is 2.43. The number of hydrogen-bond acceptors (Lipinski definition) is 3. The number of allylic oxidation sites excluding steroid dienone is 2. The zero-order chi connectivity index (χ0) is 20.2. The Labute approximate surface area is 172 Å². The molecule has 3 unspecified atom stereocenters. The predicted molar refractivity (Wildman–Crippen MR) is 114 cm³/mol. The van der Waals surface area contributed by atoms with Crippen LogP contribution in [0.25, 0.3) is 5.57 Å². The van der Waals surface area contributed by atoms with E-state index in [1.807, 2.05) is 18.3 Å². The number of fused-ring (bicyclic) bond motifs is 5. The number of ether oxygens (including phenoxy) is 1. The van der Waals surface area contributed by atoms with Gasteiger partial charge >= 0.3 is 0 Å². The highest BCUT2D eigenvalue weighted by Gasteiger charge is 2.51. The lowest BCUT2D eigenvalue weighted by atomic mass is 9.54. The van der Waals surface area contributed by atoms with Crippen LogP contribution in [0.3, 0.4) is 0 Å². The van der Waals surface area contributed by atoms with E-state index in [0.717, 1.165) is 18.6 Å². The molecule has 0 aliphatic heterocycles. The maximum Gasteiger partial charge on any atom is 0.248 e. The van der Waals surface area contributed by atoms with E-state index in [9.17, 15) is 4.79 Å². The van der Waals surface area contributed by atoms with Crippen LogP contribution in [-0.2, 0) is 6.42 Å². The minimum atomic E-state index is -0.331. The average Bonchev–Trinajstić information content (AvgIpc) is 3.10. The molecule has 4 nitrogen and oxygen atoms in total. The molecule has 1 saturated carbocycles. The maximum absolute atomic E-state index is 11.6. The fraction of sp³-hybridized carbons (Fsp3) is 0.440. The molecular formula is C25H28N2O2. The number of methoxy groups -OCH3 is 1. The minimum absolute atomic E-state index is 0.194. The smallest absolute Gasteiger partial charge is 0.248 e. The number of hydrogen-bond donors (Lipinski definition) is 1. The zero-order valence-electron chi connectivity index (χ0n) is 17.2. The minimum Gasteiger partial charge on any atom is -0.495 e. The second-order valence-corrected chi connectivity index (χ2v) is 9.12. The SMILES string of the molecule is COc1cncc(C2=CCC3[C@@H]4CCc5cc(C(N)=O)ccc5C4CCC23C)c1. The third-order valence-electron chi connectivity index (χ3n) is 7.85. The van der Waals surface area contributed by atoms with Crippen molar-refractivity contribution in [2.24, 2.45) is 23.0 Å². The molecule has 1 heterocycles. The lowest BCUT2D eigenvalue weighted by Gasteiger charge is -2.50. The van der Waals surface area contributed by atoms with Crippen LogP contribution < -0.4 is 10.5 Å². The van der Waals surface area contributed by atoms with E-state index in [4.69, 9.17) is 10.5 Å². The number of nitrogens with zero attached hydrogens (tertiary/aromatic N) is 1. The quantitative estimate of drug-likeness (QED) is 0.826. The average molecular weight is 389 g/mol. The number of amides is 1. The molecule has 3 aliphatic rings. The van der Waals surface area contributed by atoms with Gasteiger partial charge in [0.15, 0.2) is 0 Å². The summed E-state index contributed by atoms with van der Waals surface area (Å²) in [6.45, 7) is 2.46. The van der Waals surface area contributed by atoms with Gasteiger partial charge in [0.1, 0.15) is 5.75 Å². The van der Waals surface area contributed by atoms with Crippen molar-refractivity contribution >= 4 is 11.5 Å². The Bertz CT molecular complexity index is 1010. The van der Waals surface area contributed by atoms with Gasteiger partial charge in [-0.2, -0.15) is 0 Å². The number of pyridine rings is 1. The molecule has 4 heteroatoms. The Morgan fingerprint density at radius 1 is 1.24 bits per heavy atom. The molecule has 2 N–H and O–H groups in total. The highest BCUT2D eigenvalue weighted by Crippen LogP contribution is 2.63. The molecule has 0 bridgehead atoms. The van der Waals surface area contributed by atoms with Crippen molar-refractivity contribution in [3.63, 3.8) is 0 Å². The van der Waals surface area contributed by atoms with Crippen LogP contribution >= 0.6 is 0 Å². The van der Waals surface area contributed by atoms with Gasteiger partial charge in [0, 0.05) is 11.8 Å². The molecule has 2 aromatic rings. The van der Waals surface area contributed by atoms with Crippen LogP contribution in [0.5, 0.6) is 5.75 Å². The molecule has 3 aliphatic carbocycles. The van der Waals surface area contributed by atoms with Crippen LogP contribution in [0.1, 0.15) is 65.6 Å². The molecule has 1 fully saturated rings. The van der Waals surface area contributed by atoms with Crippen molar-refractivity contribution in [3.05, 3.63) is 65.0 Å². The van der Waals surface area contributed by atoms with Crippen LogP contribution in [-0.4, -0.2) is 18.0 Å². The molecule has 0 spiro atoms. The second kappa shape index (κ2) is 6.72. The summed E-state index contributed by atoms with van der Waals surface area (Å²) in [5.41, 5.74) is 11.8. The van der Waals surface area contributed by atoms with E-state index in [2.05, 4.69) is 30.1 Å². The largest absolute Gasteiger partial charge is 0.495 e. The van der Waals surface area contributed by atoms with Gasteiger partial charge in [0.05, 0.1) is 13.3 Å². The standard InChI is InChI=1S/C25H28N2O2/c1-25-10-9-20-19-5-4-16(24(26)28)11-15(19)3-6-21(20)23(25)8-7-22(25)17-12-18(29-2)14-27-13-17/h4-5,7,11-14,20-21,23H,3,6,8-10H2,1-2H3,(H2,26,28)/t20?,21-,23?,25?/m1/s1. The van der Waals surface area contributed by atoms with Gasteiger partial charge in [0.25, 0.3) is 0 Å². The van der Waals surface area contributed by atoms with E-state index in [-0.39, 0.29) is 11.3 Å². The summed E-state index contributed by atoms with van der Waals surface area (Å²) in [4.78, 5) is 16.0. The normalized spacial score (nSPS) is 30.0. The number of nitrogens with two attached hydrogens (primary N) is 1. The number of benzene rings is 1. The number of primary amides is 1. The molecule has 0 saturated heterocycles. The van der Waals surface area contributed by atoms with Crippen molar-refractivity contribution in [2.75, 3.05) is 7.11 Å². The van der Waals surface area contributed by atoms with Crippen molar-refractivity contribution in [1.82, 2.24) is 4.98 Å². The number of aromatic nitrogens is 1.